The van der Waals surface area contributed by atoms with E-state index in [2.05, 4.69) is 28.3 Å². The fourth-order valence-corrected chi connectivity index (χ4v) is 7.07. The Hall–Kier alpha value is -4.33. The van der Waals surface area contributed by atoms with E-state index in [1.807, 2.05) is 33.8 Å². The van der Waals surface area contributed by atoms with Crippen LogP contribution in [0.5, 0.6) is 5.88 Å². The molecule has 0 saturated carbocycles. The molecule has 2 saturated heterocycles. The van der Waals surface area contributed by atoms with Gasteiger partial charge in [0.25, 0.3) is 0 Å². The van der Waals surface area contributed by atoms with Gasteiger partial charge in [0.15, 0.2) is 11.3 Å². The third-order valence-corrected chi connectivity index (χ3v) is 9.49. The number of halogens is 2. The Balaban J connectivity index is 1.43. The lowest BCUT2D eigenvalue weighted by atomic mass is 9.93. The molecule has 7 rings (SSSR count). The number of likely N-dealkylation sites (tertiary alicyclic amines) is 2. The highest BCUT2D eigenvalue weighted by molar-refractivity contribution is 6.35. The number of pyridine rings is 1. The van der Waals surface area contributed by atoms with E-state index in [0.717, 1.165) is 24.8 Å². The van der Waals surface area contributed by atoms with Gasteiger partial charge < -0.3 is 14.5 Å². The third-order valence-electron chi connectivity index (χ3n) is 9.19. The Labute approximate surface area is 258 Å². The van der Waals surface area contributed by atoms with Crippen molar-refractivity contribution in [3.05, 3.63) is 58.9 Å². The van der Waals surface area contributed by atoms with Crippen molar-refractivity contribution in [3.8, 4) is 23.1 Å². The minimum Gasteiger partial charge on any atom is -0.474 e. The highest BCUT2D eigenvalue weighted by atomic mass is 35.5. The monoisotopic (exact) mass is 611 g/mol. The molecule has 224 valence electrons. The molecule has 11 heteroatoms. The molecule has 2 aromatic heterocycles. The van der Waals surface area contributed by atoms with E-state index in [9.17, 15) is 10.1 Å². The lowest BCUT2D eigenvalue weighted by molar-refractivity contribution is -0.130. The molecule has 5 aromatic rings. The molecular formula is C33H31ClFN7O2. The first-order chi connectivity index (χ1) is 21.4. The number of rotatable bonds is 5. The molecule has 0 aliphatic carbocycles. The lowest BCUT2D eigenvalue weighted by Gasteiger charge is -2.31. The Morgan fingerprint density at radius 3 is 2.61 bits per heavy atom. The lowest BCUT2D eigenvalue weighted by Crippen LogP contribution is -2.37. The number of amides is 1. The fraction of sp³-hybridized carbons (Fsp3) is 0.364. The van der Waals surface area contributed by atoms with Gasteiger partial charge in [-0.15, -0.1) is 5.10 Å². The van der Waals surface area contributed by atoms with Crippen LogP contribution in [0.2, 0.25) is 5.02 Å². The normalized spacial score (nSPS) is 18.0. The van der Waals surface area contributed by atoms with E-state index >= 15 is 4.39 Å². The number of carbonyl (C=O) groups is 1. The van der Waals surface area contributed by atoms with Crippen molar-refractivity contribution in [3.63, 3.8) is 0 Å². The summed E-state index contributed by atoms with van der Waals surface area (Å²) in [5.41, 5.74) is 2.28. The van der Waals surface area contributed by atoms with Crippen LogP contribution in [0.25, 0.3) is 43.8 Å². The van der Waals surface area contributed by atoms with Crippen LogP contribution in [0.3, 0.4) is 0 Å². The second kappa shape index (κ2) is 11.3. The Morgan fingerprint density at radius 2 is 1.91 bits per heavy atom. The van der Waals surface area contributed by atoms with Crippen LogP contribution in [-0.2, 0) is 4.79 Å². The molecule has 2 fully saturated rings. The molecule has 1 atom stereocenters. The van der Waals surface area contributed by atoms with E-state index in [4.69, 9.17) is 21.3 Å². The SMILES string of the molecule is CC(=O)N1CCC(n2nnc3c(OCC4CCCN4C)nc4c(F)c(-c5cccc6cccc(C#N)c56)c(Cl)cc4c32)CC1. The molecule has 0 spiro atoms. The Kier molecular flexibility index (Phi) is 7.31. The van der Waals surface area contributed by atoms with Gasteiger partial charge in [0.1, 0.15) is 17.6 Å². The van der Waals surface area contributed by atoms with Crippen LogP contribution in [0.15, 0.2) is 42.5 Å². The maximum absolute atomic E-state index is 16.9. The smallest absolute Gasteiger partial charge is 0.245 e. The zero-order valence-corrected chi connectivity index (χ0v) is 25.3. The molecule has 0 radical (unpaired) electrons. The molecule has 1 unspecified atom stereocenters. The van der Waals surface area contributed by atoms with Gasteiger partial charge in [0.2, 0.25) is 11.8 Å². The molecule has 0 bridgehead atoms. The number of carbonyl (C=O) groups excluding carboxylic acids is 1. The number of nitrogens with zero attached hydrogens (tertiary/aromatic N) is 7. The molecule has 0 N–H and O–H groups in total. The molecule has 2 aliphatic rings. The molecule has 3 aromatic carbocycles. The quantitative estimate of drug-likeness (QED) is 0.236. The number of nitriles is 1. The molecule has 9 nitrogen and oxygen atoms in total. The maximum atomic E-state index is 16.9. The zero-order chi connectivity index (χ0) is 30.5. The van der Waals surface area contributed by atoms with Crippen molar-refractivity contribution in [2.24, 2.45) is 0 Å². The van der Waals surface area contributed by atoms with Crippen molar-refractivity contribution in [1.82, 2.24) is 29.8 Å². The van der Waals surface area contributed by atoms with Crippen LogP contribution in [0.1, 0.15) is 44.2 Å². The summed E-state index contributed by atoms with van der Waals surface area (Å²) in [6, 6.07) is 15.0. The Morgan fingerprint density at radius 1 is 1.14 bits per heavy atom. The molecule has 1 amide bonds. The number of fused-ring (bicyclic) bond motifs is 4. The zero-order valence-electron chi connectivity index (χ0n) is 24.6. The number of hydrogen-bond acceptors (Lipinski definition) is 7. The van der Waals surface area contributed by atoms with Gasteiger partial charge in [-0.25, -0.2) is 14.1 Å². The summed E-state index contributed by atoms with van der Waals surface area (Å²) in [6.45, 7) is 4.17. The molecule has 2 aliphatic heterocycles. The summed E-state index contributed by atoms with van der Waals surface area (Å²) in [4.78, 5) is 20.8. The minimum atomic E-state index is -0.600. The predicted octanol–water partition coefficient (Wildman–Crippen LogP) is 6.12. The largest absolute Gasteiger partial charge is 0.474 e. The van der Waals surface area contributed by atoms with Gasteiger partial charge in [-0.3, -0.25) is 4.79 Å². The maximum Gasteiger partial charge on any atom is 0.245 e. The van der Waals surface area contributed by atoms with Crippen LogP contribution >= 0.6 is 11.6 Å². The summed E-state index contributed by atoms with van der Waals surface area (Å²) in [5, 5.41) is 21.0. The number of likely N-dealkylation sites (N-methyl/N-ethyl adjacent to an activating group) is 1. The summed E-state index contributed by atoms with van der Waals surface area (Å²) < 4.78 is 25.1. The number of ether oxygens (including phenoxy) is 1. The summed E-state index contributed by atoms with van der Waals surface area (Å²) in [5.74, 6) is -0.330. The first-order valence-corrected chi connectivity index (χ1v) is 15.3. The standard InChI is InChI=1S/C33H31ClFN7O2/c1-19(43)41-14-11-22(12-15-41)42-32-25-16-26(34)28(24-10-4-7-20-6-3-8-21(17-36)27(20)24)29(35)30(25)37-33(31(32)38-39-42)44-18-23-9-5-13-40(23)2/h3-4,6-8,10,16,22-23H,5,9,11-15,18H2,1-2H3. The van der Waals surface area contributed by atoms with Crippen LogP contribution in [0.4, 0.5) is 4.39 Å². The van der Waals surface area contributed by atoms with Gasteiger partial charge in [0.05, 0.1) is 22.7 Å². The fourth-order valence-electron chi connectivity index (χ4n) is 6.78. The van der Waals surface area contributed by atoms with E-state index in [0.29, 0.717) is 65.5 Å². The summed E-state index contributed by atoms with van der Waals surface area (Å²) in [7, 11) is 2.07. The number of aromatic nitrogens is 4. The first-order valence-electron chi connectivity index (χ1n) is 14.9. The van der Waals surface area contributed by atoms with Gasteiger partial charge in [-0.05, 0) is 62.4 Å². The average molecular weight is 612 g/mol. The summed E-state index contributed by atoms with van der Waals surface area (Å²) >= 11 is 6.92. The first kappa shape index (κ1) is 28.4. The van der Waals surface area contributed by atoms with E-state index in [1.165, 1.54) is 0 Å². The highest BCUT2D eigenvalue weighted by Gasteiger charge is 2.30. The van der Waals surface area contributed by atoms with Crippen molar-refractivity contribution in [1.29, 1.82) is 5.26 Å². The van der Waals surface area contributed by atoms with Gasteiger partial charge in [-0.2, -0.15) is 5.26 Å². The van der Waals surface area contributed by atoms with Gasteiger partial charge >= 0.3 is 0 Å². The molecular weight excluding hydrogens is 581 g/mol. The number of hydrogen-bond donors (Lipinski definition) is 0. The van der Waals surface area contributed by atoms with Crippen LogP contribution < -0.4 is 4.74 Å². The topological polar surface area (TPSA) is 100 Å². The van der Waals surface area contributed by atoms with Gasteiger partial charge in [-0.1, -0.05) is 47.1 Å². The number of benzene rings is 3. The second-order valence-corrected chi connectivity index (χ2v) is 12.1. The minimum absolute atomic E-state index is 0.0449. The van der Waals surface area contributed by atoms with Crippen molar-refractivity contribution < 1.29 is 13.9 Å². The molecule has 44 heavy (non-hydrogen) atoms. The average Bonchev–Trinajstić information content (AvgIpc) is 3.66. The highest BCUT2D eigenvalue weighted by Crippen LogP contribution is 2.43. The van der Waals surface area contributed by atoms with Crippen molar-refractivity contribution in [2.45, 2.75) is 44.7 Å². The van der Waals surface area contributed by atoms with Crippen LogP contribution in [-0.4, -0.2) is 75.0 Å². The van der Waals surface area contributed by atoms with E-state index in [-0.39, 0.29) is 40.0 Å². The summed E-state index contributed by atoms with van der Waals surface area (Å²) in [6.07, 6.45) is 3.47. The van der Waals surface area contributed by atoms with Crippen molar-refractivity contribution in [2.75, 3.05) is 33.3 Å². The van der Waals surface area contributed by atoms with Crippen molar-refractivity contribution >= 4 is 50.2 Å². The Bertz CT molecular complexity index is 1970. The third kappa shape index (κ3) is 4.71. The van der Waals surface area contributed by atoms with E-state index < -0.39 is 5.82 Å². The number of piperidine rings is 1. The van der Waals surface area contributed by atoms with E-state index in [1.54, 1.807) is 25.1 Å². The second-order valence-electron chi connectivity index (χ2n) is 11.7. The molecule has 4 heterocycles. The van der Waals surface area contributed by atoms with Gasteiger partial charge in [0, 0.05) is 42.4 Å². The predicted molar refractivity (Wildman–Crippen MR) is 167 cm³/mol. The van der Waals surface area contributed by atoms with Crippen LogP contribution in [0, 0.1) is 17.1 Å².